The highest BCUT2D eigenvalue weighted by Gasteiger charge is 2.15. The Labute approximate surface area is 108 Å². The van der Waals surface area contributed by atoms with E-state index in [1.807, 2.05) is 13.8 Å². The third-order valence-corrected chi connectivity index (χ3v) is 2.83. The molecule has 0 spiro atoms. The number of rotatable bonds is 7. The molecule has 0 aliphatic heterocycles. The first-order valence-electron chi connectivity index (χ1n) is 6.26. The second-order valence-electron chi connectivity index (χ2n) is 5.08. The van der Waals surface area contributed by atoms with Crippen LogP contribution >= 0.6 is 0 Å². The maximum atomic E-state index is 10.7. The number of hydrogen-bond acceptors (Lipinski definition) is 4. The topological polar surface area (TPSA) is 66.6 Å². The summed E-state index contributed by atoms with van der Waals surface area (Å²) in [5.41, 5.74) is 1.96. The predicted octanol–water partition coefficient (Wildman–Crippen LogP) is 2.22. The summed E-state index contributed by atoms with van der Waals surface area (Å²) >= 11 is 0. The van der Waals surface area contributed by atoms with Crippen LogP contribution in [0.25, 0.3) is 0 Å². The average molecular weight is 254 g/mol. The van der Waals surface area contributed by atoms with Crippen molar-refractivity contribution >= 4 is 5.97 Å². The Bertz CT molecular complexity index is 379. The van der Waals surface area contributed by atoms with Crippen molar-refractivity contribution < 1.29 is 14.4 Å². The molecule has 0 aliphatic rings. The summed E-state index contributed by atoms with van der Waals surface area (Å²) in [6, 6.07) is 0. The van der Waals surface area contributed by atoms with E-state index in [9.17, 15) is 4.79 Å². The molecule has 0 amide bonds. The second-order valence-corrected chi connectivity index (χ2v) is 5.08. The fourth-order valence-electron chi connectivity index (χ4n) is 1.96. The molecule has 0 saturated carbocycles. The third-order valence-electron chi connectivity index (χ3n) is 2.83. The molecule has 0 fully saturated rings. The first-order valence-corrected chi connectivity index (χ1v) is 6.26. The van der Waals surface area contributed by atoms with E-state index in [0.717, 1.165) is 23.6 Å². The van der Waals surface area contributed by atoms with Crippen LogP contribution in [0.3, 0.4) is 0 Å². The summed E-state index contributed by atoms with van der Waals surface area (Å²) in [7, 11) is 0. The molecule has 0 saturated heterocycles. The average Bonchev–Trinajstić information content (AvgIpc) is 2.56. The van der Waals surface area contributed by atoms with Gasteiger partial charge in [0.25, 0.3) is 0 Å². The molecule has 0 aromatic carbocycles. The number of aliphatic carboxylic acids is 1. The van der Waals surface area contributed by atoms with E-state index in [2.05, 4.69) is 23.9 Å². The largest absolute Gasteiger partial charge is 0.481 e. The number of nitrogens with zero attached hydrogens (tertiary/aromatic N) is 2. The van der Waals surface area contributed by atoms with Crippen LogP contribution in [0.15, 0.2) is 4.52 Å². The highest BCUT2D eigenvalue weighted by molar-refractivity contribution is 5.66. The Morgan fingerprint density at radius 1 is 1.44 bits per heavy atom. The van der Waals surface area contributed by atoms with Crippen molar-refractivity contribution in [2.75, 3.05) is 13.1 Å². The number of hydrogen-bond donors (Lipinski definition) is 1. The number of carbonyl (C=O) groups is 1. The molecule has 1 N–H and O–H groups in total. The van der Waals surface area contributed by atoms with Crippen LogP contribution in [0, 0.1) is 19.8 Å². The van der Waals surface area contributed by atoms with Gasteiger partial charge in [-0.1, -0.05) is 19.0 Å². The maximum Gasteiger partial charge on any atom is 0.304 e. The van der Waals surface area contributed by atoms with Gasteiger partial charge in [-0.3, -0.25) is 9.69 Å². The third kappa shape index (κ3) is 4.49. The summed E-state index contributed by atoms with van der Waals surface area (Å²) < 4.78 is 5.13. The van der Waals surface area contributed by atoms with Gasteiger partial charge >= 0.3 is 5.97 Å². The summed E-state index contributed by atoms with van der Waals surface area (Å²) in [5.74, 6) is 0.554. The maximum absolute atomic E-state index is 10.7. The minimum Gasteiger partial charge on any atom is -0.481 e. The lowest BCUT2D eigenvalue weighted by Gasteiger charge is -2.23. The normalized spacial score (nSPS) is 11.4. The summed E-state index contributed by atoms with van der Waals surface area (Å²) in [4.78, 5) is 12.8. The Morgan fingerprint density at radius 3 is 2.56 bits per heavy atom. The van der Waals surface area contributed by atoms with Crippen molar-refractivity contribution in [2.24, 2.45) is 5.92 Å². The number of carboxylic acid groups (broad SMARTS) is 1. The number of aryl methyl sites for hydroxylation is 2. The van der Waals surface area contributed by atoms with Gasteiger partial charge < -0.3 is 9.63 Å². The smallest absolute Gasteiger partial charge is 0.304 e. The van der Waals surface area contributed by atoms with E-state index >= 15 is 0 Å². The quantitative estimate of drug-likeness (QED) is 0.808. The van der Waals surface area contributed by atoms with Gasteiger partial charge in [-0.2, -0.15) is 0 Å². The van der Waals surface area contributed by atoms with Gasteiger partial charge in [0.05, 0.1) is 12.1 Å². The van der Waals surface area contributed by atoms with Gasteiger partial charge in [0.15, 0.2) is 0 Å². The van der Waals surface area contributed by atoms with E-state index in [0.29, 0.717) is 19.0 Å². The van der Waals surface area contributed by atoms with Crippen molar-refractivity contribution in [3.8, 4) is 0 Å². The van der Waals surface area contributed by atoms with Gasteiger partial charge in [0.2, 0.25) is 0 Å². The van der Waals surface area contributed by atoms with Gasteiger partial charge in [-0.15, -0.1) is 0 Å². The van der Waals surface area contributed by atoms with Crippen molar-refractivity contribution in [1.29, 1.82) is 0 Å². The lowest BCUT2D eigenvalue weighted by Crippen LogP contribution is -2.30. The van der Waals surface area contributed by atoms with Gasteiger partial charge in [0.1, 0.15) is 5.76 Å². The van der Waals surface area contributed by atoms with E-state index in [4.69, 9.17) is 9.63 Å². The molecule has 1 aromatic heterocycles. The Morgan fingerprint density at radius 2 is 2.11 bits per heavy atom. The zero-order chi connectivity index (χ0) is 13.7. The molecule has 102 valence electrons. The van der Waals surface area contributed by atoms with Crippen LogP contribution in [-0.4, -0.2) is 34.2 Å². The van der Waals surface area contributed by atoms with E-state index in [1.54, 1.807) is 0 Å². The first kappa shape index (κ1) is 14.7. The molecule has 0 atom stereocenters. The van der Waals surface area contributed by atoms with E-state index < -0.39 is 5.97 Å². The fourth-order valence-corrected chi connectivity index (χ4v) is 1.96. The number of carboxylic acids is 1. The summed E-state index contributed by atoms with van der Waals surface area (Å²) in [5, 5.41) is 12.7. The van der Waals surface area contributed by atoms with E-state index in [1.165, 1.54) is 0 Å². The second kappa shape index (κ2) is 6.54. The zero-order valence-electron chi connectivity index (χ0n) is 11.6. The van der Waals surface area contributed by atoms with Crippen molar-refractivity contribution in [1.82, 2.24) is 10.1 Å². The van der Waals surface area contributed by atoms with Gasteiger partial charge in [-0.25, -0.2) is 0 Å². The lowest BCUT2D eigenvalue weighted by molar-refractivity contribution is -0.137. The minimum absolute atomic E-state index is 0.163. The summed E-state index contributed by atoms with van der Waals surface area (Å²) in [6.45, 7) is 10.2. The van der Waals surface area contributed by atoms with Crippen LogP contribution in [0.2, 0.25) is 0 Å². The molecule has 0 unspecified atom stereocenters. The molecule has 5 nitrogen and oxygen atoms in total. The molecule has 0 aliphatic carbocycles. The Kier molecular flexibility index (Phi) is 5.34. The van der Waals surface area contributed by atoms with Crippen LogP contribution in [0.5, 0.6) is 0 Å². The van der Waals surface area contributed by atoms with Crippen LogP contribution in [-0.2, 0) is 11.3 Å². The molecule has 0 radical (unpaired) electrons. The Hall–Kier alpha value is -1.36. The van der Waals surface area contributed by atoms with Gasteiger partial charge in [0, 0.05) is 25.2 Å². The molecule has 1 rings (SSSR count). The standard InChI is InChI=1S/C13H22N2O3/c1-9(2)7-15(6-5-13(16)17)8-12-10(3)14-18-11(12)4/h9H,5-8H2,1-4H3,(H,16,17). The molecule has 1 heterocycles. The minimum atomic E-state index is -0.762. The van der Waals surface area contributed by atoms with Crippen molar-refractivity contribution in [3.05, 3.63) is 17.0 Å². The fraction of sp³-hybridized carbons (Fsp3) is 0.692. The molecule has 5 heteroatoms. The molecule has 0 bridgehead atoms. The number of aromatic nitrogens is 1. The molecular weight excluding hydrogens is 232 g/mol. The zero-order valence-corrected chi connectivity index (χ0v) is 11.6. The van der Waals surface area contributed by atoms with E-state index in [-0.39, 0.29) is 6.42 Å². The summed E-state index contributed by atoms with van der Waals surface area (Å²) in [6.07, 6.45) is 0.163. The highest BCUT2D eigenvalue weighted by atomic mass is 16.5. The SMILES string of the molecule is Cc1noc(C)c1CN(CCC(=O)O)CC(C)C. The van der Waals surface area contributed by atoms with Crippen LogP contribution in [0.4, 0.5) is 0 Å². The molecule has 18 heavy (non-hydrogen) atoms. The Balaban J connectivity index is 2.68. The lowest BCUT2D eigenvalue weighted by atomic mass is 10.1. The molecular formula is C13H22N2O3. The van der Waals surface area contributed by atoms with Crippen molar-refractivity contribution in [3.63, 3.8) is 0 Å². The van der Waals surface area contributed by atoms with Crippen LogP contribution in [0.1, 0.15) is 37.3 Å². The highest BCUT2D eigenvalue weighted by Crippen LogP contribution is 2.16. The molecule has 1 aromatic rings. The van der Waals surface area contributed by atoms with Crippen LogP contribution < -0.4 is 0 Å². The monoisotopic (exact) mass is 254 g/mol. The first-order chi connectivity index (χ1) is 8.40. The van der Waals surface area contributed by atoms with Gasteiger partial charge in [-0.05, 0) is 19.8 Å². The van der Waals surface area contributed by atoms with Crippen molar-refractivity contribution in [2.45, 2.75) is 40.7 Å². The predicted molar refractivity (Wildman–Crippen MR) is 68.3 cm³/mol.